The number of sulfonamides is 1. The number of piperidine rings is 1. The zero-order chi connectivity index (χ0) is 29.6. The minimum absolute atomic E-state index is 0.00171. The molecule has 15 heteroatoms. The SMILES string of the molecule is CCS(=O)(=O)Nc1ncccc1CNc1nc(Nc2cccc(C(=O)NC3CCN(C)CC3)c2)ncc1C(F)(F)F. The normalized spacial score (nSPS) is 14.9. The van der Waals surface area contributed by atoms with Crippen LogP contribution in [0.5, 0.6) is 0 Å². The molecular weight excluding hydrogens is 561 g/mol. The third kappa shape index (κ3) is 8.27. The van der Waals surface area contributed by atoms with Gasteiger partial charge in [0.15, 0.2) is 0 Å². The molecule has 41 heavy (non-hydrogen) atoms. The van der Waals surface area contributed by atoms with Crippen LogP contribution in [-0.4, -0.2) is 66.1 Å². The van der Waals surface area contributed by atoms with Gasteiger partial charge in [0.2, 0.25) is 16.0 Å². The van der Waals surface area contributed by atoms with Gasteiger partial charge in [-0.25, -0.2) is 18.4 Å². The van der Waals surface area contributed by atoms with E-state index < -0.39 is 27.6 Å². The second kappa shape index (κ2) is 12.7. The van der Waals surface area contributed by atoms with Crippen LogP contribution in [0.3, 0.4) is 0 Å². The number of nitrogens with one attached hydrogen (secondary N) is 4. The number of hydrogen-bond acceptors (Lipinski definition) is 9. The maximum absolute atomic E-state index is 13.7. The highest BCUT2D eigenvalue weighted by Crippen LogP contribution is 2.34. The molecule has 1 amide bonds. The molecule has 1 aliphatic rings. The van der Waals surface area contributed by atoms with Gasteiger partial charge in [0.05, 0.1) is 5.75 Å². The molecule has 0 bridgehead atoms. The number of hydrogen-bond donors (Lipinski definition) is 4. The lowest BCUT2D eigenvalue weighted by Gasteiger charge is -2.29. The molecule has 0 unspecified atom stereocenters. The lowest BCUT2D eigenvalue weighted by molar-refractivity contribution is -0.137. The van der Waals surface area contributed by atoms with Crippen molar-refractivity contribution in [1.82, 2.24) is 25.2 Å². The fraction of sp³-hybridized carbons (Fsp3) is 0.385. The zero-order valence-electron chi connectivity index (χ0n) is 22.5. The smallest absolute Gasteiger partial charge is 0.365 e. The van der Waals surface area contributed by atoms with Gasteiger partial charge in [-0.3, -0.25) is 9.52 Å². The topological polar surface area (TPSA) is 141 Å². The van der Waals surface area contributed by atoms with E-state index in [1.807, 2.05) is 7.05 Å². The van der Waals surface area contributed by atoms with Gasteiger partial charge >= 0.3 is 6.18 Å². The first-order valence-electron chi connectivity index (χ1n) is 12.9. The fourth-order valence-electron chi connectivity index (χ4n) is 4.14. The van der Waals surface area contributed by atoms with Gasteiger partial charge in [-0.15, -0.1) is 0 Å². The van der Waals surface area contributed by atoms with E-state index in [1.165, 1.54) is 25.3 Å². The standard InChI is InChI=1S/C26H31F3N8O3S/c1-3-41(39,40)36-22-18(7-5-11-30-22)15-31-23-21(26(27,28)29)16-32-25(35-23)34-20-8-4-6-17(14-20)24(38)33-19-9-12-37(2)13-10-19/h4-8,11,14,16,19H,3,9-10,12-13,15H2,1-2H3,(H,30,36)(H,33,38)(H2,31,32,34,35). The molecule has 3 aromatic rings. The second-order valence-corrected chi connectivity index (χ2v) is 11.6. The largest absolute Gasteiger partial charge is 0.421 e. The molecule has 0 aliphatic carbocycles. The maximum atomic E-state index is 13.7. The van der Waals surface area contributed by atoms with Crippen molar-refractivity contribution in [3.05, 3.63) is 65.5 Å². The Balaban J connectivity index is 1.51. The lowest BCUT2D eigenvalue weighted by Crippen LogP contribution is -2.43. The van der Waals surface area contributed by atoms with Crippen LogP contribution in [0.15, 0.2) is 48.8 Å². The average molecular weight is 593 g/mol. The molecular formula is C26H31F3N8O3S. The van der Waals surface area contributed by atoms with Crippen LogP contribution < -0.4 is 20.7 Å². The minimum atomic E-state index is -4.76. The predicted octanol–water partition coefficient (Wildman–Crippen LogP) is 3.83. The molecule has 0 atom stereocenters. The Labute approximate surface area is 236 Å². The van der Waals surface area contributed by atoms with Gasteiger partial charge in [0, 0.05) is 41.8 Å². The molecule has 220 valence electrons. The number of benzene rings is 1. The third-order valence-corrected chi connectivity index (χ3v) is 7.76. The number of alkyl halides is 3. The van der Waals surface area contributed by atoms with Gasteiger partial charge in [-0.1, -0.05) is 12.1 Å². The summed E-state index contributed by atoms with van der Waals surface area (Å²) in [7, 11) is -1.62. The number of halogens is 3. The molecule has 4 N–H and O–H groups in total. The first-order valence-corrected chi connectivity index (χ1v) is 14.6. The minimum Gasteiger partial charge on any atom is -0.365 e. The van der Waals surface area contributed by atoms with Crippen LogP contribution in [0, 0.1) is 0 Å². The molecule has 1 saturated heterocycles. The summed E-state index contributed by atoms with van der Waals surface area (Å²) in [6, 6.07) is 9.64. The van der Waals surface area contributed by atoms with Crippen molar-refractivity contribution in [2.24, 2.45) is 0 Å². The van der Waals surface area contributed by atoms with Gasteiger partial charge in [0.25, 0.3) is 5.91 Å². The number of rotatable bonds is 10. The van der Waals surface area contributed by atoms with Crippen LogP contribution >= 0.6 is 0 Å². The van der Waals surface area contributed by atoms with E-state index >= 15 is 0 Å². The summed E-state index contributed by atoms with van der Waals surface area (Å²) in [4.78, 5) is 26.8. The van der Waals surface area contributed by atoms with E-state index in [4.69, 9.17) is 0 Å². The number of anilines is 4. The molecule has 0 saturated carbocycles. The summed E-state index contributed by atoms with van der Waals surface area (Å²) >= 11 is 0. The molecule has 4 rings (SSSR count). The van der Waals surface area contributed by atoms with Gasteiger partial charge in [-0.2, -0.15) is 18.2 Å². The van der Waals surface area contributed by atoms with Crippen molar-refractivity contribution in [1.29, 1.82) is 0 Å². The molecule has 3 heterocycles. The average Bonchev–Trinajstić information content (AvgIpc) is 2.93. The molecule has 0 radical (unpaired) electrons. The van der Waals surface area contributed by atoms with Crippen molar-refractivity contribution in [3.8, 4) is 0 Å². The Morgan fingerprint density at radius 2 is 1.85 bits per heavy atom. The second-order valence-electron chi connectivity index (χ2n) is 9.58. The molecule has 0 spiro atoms. The summed E-state index contributed by atoms with van der Waals surface area (Å²) < 4.78 is 67.6. The summed E-state index contributed by atoms with van der Waals surface area (Å²) in [5.74, 6) is -1.09. The highest BCUT2D eigenvalue weighted by Gasteiger charge is 2.35. The van der Waals surface area contributed by atoms with Crippen molar-refractivity contribution in [2.75, 3.05) is 41.2 Å². The fourth-order valence-corrected chi connectivity index (χ4v) is 4.77. The Kier molecular flexibility index (Phi) is 9.28. The van der Waals surface area contributed by atoms with E-state index in [1.54, 1.807) is 24.3 Å². The van der Waals surface area contributed by atoms with Crippen molar-refractivity contribution in [3.63, 3.8) is 0 Å². The Morgan fingerprint density at radius 1 is 1.10 bits per heavy atom. The van der Waals surface area contributed by atoms with E-state index in [0.717, 1.165) is 25.9 Å². The number of likely N-dealkylation sites (tertiary alicyclic amines) is 1. The summed E-state index contributed by atoms with van der Waals surface area (Å²) in [6.45, 7) is 3.03. The Hall–Kier alpha value is -3.98. The summed E-state index contributed by atoms with van der Waals surface area (Å²) in [5, 5.41) is 8.51. The van der Waals surface area contributed by atoms with Crippen LogP contribution in [0.2, 0.25) is 0 Å². The quantitative estimate of drug-likeness (QED) is 0.276. The lowest BCUT2D eigenvalue weighted by atomic mass is 10.0. The summed E-state index contributed by atoms with van der Waals surface area (Å²) in [6.07, 6.45) is -1.04. The van der Waals surface area contributed by atoms with Crippen LogP contribution in [0.25, 0.3) is 0 Å². The van der Waals surface area contributed by atoms with Crippen LogP contribution in [0.1, 0.15) is 41.3 Å². The first-order chi connectivity index (χ1) is 19.4. The molecule has 1 aromatic carbocycles. The molecule has 1 fully saturated rings. The predicted molar refractivity (Wildman–Crippen MR) is 149 cm³/mol. The van der Waals surface area contributed by atoms with E-state index in [2.05, 4.69) is 40.5 Å². The number of nitrogens with zero attached hydrogens (tertiary/aromatic N) is 4. The number of carbonyl (C=O) groups is 1. The van der Waals surface area contributed by atoms with E-state index in [9.17, 15) is 26.4 Å². The van der Waals surface area contributed by atoms with Gasteiger partial charge in [-0.05, 0) is 64.2 Å². The third-order valence-electron chi connectivity index (χ3n) is 6.50. The van der Waals surface area contributed by atoms with Gasteiger partial charge < -0.3 is 20.9 Å². The van der Waals surface area contributed by atoms with Crippen molar-refractivity contribution in [2.45, 2.75) is 38.5 Å². The maximum Gasteiger partial charge on any atom is 0.421 e. The number of aromatic nitrogens is 3. The number of amides is 1. The van der Waals surface area contributed by atoms with Crippen molar-refractivity contribution >= 4 is 39.2 Å². The van der Waals surface area contributed by atoms with Crippen LogP contribution in [-0.2, 0) is 22.7 Å². The number of carbonyl (C=O) groups excluding carboxylic acids is 1. The van der Waals surface area contributed by atoms with Crippen LogP contribution in [0.4, 0.5) is 36.4 Å². The van der Waals surface area contributed by atoms with E-state index in [0.29, 0.717) is 23.0 Å². The highest BCUT2D eigenvalue weighted by atomic mass is 32.2. The summed E-state index contributed by atoms with van der Waals surface area (Å²) in [5.41, 5.74) is 0.0102. The first kappa shape index (κ1) is 30.0. The van der Waals surface area contributed by atoms with Gasteiger partial charge in [0.1, 0.15) is 17.2 Å². The Morgan fingerprint density at radius 3 is 2.56 bits per heavy atom. The zero-order valence-corrected chi connectivity index (χ0v) is 23.3. The number of pyridine rings is 1. The van der Waals surface area contributed by atoms with Crippen molar-refractivity contribution < 1.29 is 26.4 Å². The molecule has 2 aromatic heterocycles. The molecule has 11 nitrogen and oxygen atoms in total. The van der Waals surface area contributed by atoms with E-state index in [-0.39, 0.29) is 36.0 Å². The molecule has 1 aliphatic heterocycles. The Bertz CT molecular complexity index is 1480. The monoisotopic (exact) mass is 592 g/mol. The highest BCUT2D eigenvalue weighted by molar-refractivity contribution is 7.92.